The number of methoxy groups -OCH3 is 1. The van der Waals surface area contributed by atoms with Crippen LogP contribution in [0.3, 0.4) is 0 Å². The van der Waals surface area contributed by atoms with Gasteiger partial charge >= 0.3 is 0 Å². The van der Waals surface area contributed by atoms with Crippen molar-refractivity contribution in [2.45, 2.75) is 18.9 Å². The minimum atomic E-state index is -0.119. The quantitative estimate of drug-likeness (QED) is 0.736. The van der Waals surface area contributed by atoms with Crippen molar-refractivity contribution in [3.8, 4) is 5.88 Å². The number of carbonyl (C=O) groups is 1. The number of pyridine rings is 1. The van der Waals surface area contributed by atoms with Gasteiger partial charge in [-0.3, -0.25) is 9.78 Å². The molecule has 146 valence electrons. The third-order valence-corrected chi connectivity index (χ3v) is 5.30. The van der Waals surface area contributed by atoms with E-state index in [1.165, 1.54) is 0 Å². The molecule has 0 aliphatic carbocycles. The number of carbonyl (C=O) groups excluding carboxylic acids is 1. The van der Waals surface area contributed by atoms with Gasteiger partial charge in [0.1, 0.15) is 0 Å². The summed E-state index contributed by atoms with van der Waals surface area (Å²) in [5.41, 5.74) is 2.33. The molecule has 1 atom stereocenters. The summed E-state index contributed by atoms with van der Waals surface area (Å²) in [6.07, 6.45) is 5.40. The molecule has 1 fully saturated rings. The number of hydrogen-bond donors (Lipinski definition) is 1. The number of benzene rings is 1. The number of rotatable bonds is 5. The largest absolute Gasteiger partial charge is 0.481 e. The molecule has 2 aromatic heterocycles. The van der Waals surface area contributed by atoms with Crippen molar-refractivity contribution in [2.75, 3.05) is 20.3 Å². The van der Waals surface area contributed by atoms with Crippen molar-refractivity contribution in [3.05, 3.63) is 53.9 Å². The molecule has 0 bridgehead atoms. The number of aryl methyl sites for hydroxylation is 1. The Hall–Kier alpha value is -2.93. The van der Waals surface area contributed by atoms with Gasteiger partial charge in [0.25, 0.3) is 5.91 Å². The van der Waals surface area contributed by atoms with E-state index in [-0.39, 0.29) is 11.9 Å². The molecule has 0 unspecified atom stereocenters. The molecule has 1 amide bonds. The van der Waals surface area contributed by atoms with Gasteiger partial charge in [-0.1, -0.05) is 6.07 Å². The number of nitrogens with one attached hydrogen (secondary N) is 1. The molecule has 1 aromatic carbocycles. The molecule has 1 aliphatic rings. The lowest BCUT2D eigenvalue weighted by Crippen LogP contribution is -2.36. The van der Waals surface area contributed by atoms with Gasteiger partial charge in [0, 0.05) is 38.2 Å². The second kappa shape index (κ2) is 7.98. The Kier molecular flexibility index (Phi) is 5.25. The fourth-order valence-electron chi connectivity index (χ4n) is 3.87. The van der Waals surface area contributed by atoms with E-state index in [0.717, 1.165) is 42.5 Å². The second-order valence-electron chi connectivity index (χ2n) is 7.05. The summed E-state index contributed by atoms with van der Waals surface area (Å²) < 4.78 is 12.6. The standard InChI is InChI=1S/C21H24N4O3/c1-25-21(27-2)17-6-5-15(12-18(17)24-25)20(26)23-19(14-7-10-28-11-8-14)16-4-3-9-22-13-16/h3-6,9,12-14,19H,7-8,10-11H2,1-2H3,(H,23,26)/t19-/m1/s1. The first-order chi connectivity index (χ1) is 13.7. The van der Waals surface area contributed by atoms with E-state index >= 15 is 0 Å². The number of ether oxygens (including phenoxy) is 2. The minimum Gasteiger partial charge on any atom is -0.481 e. The fraction of sp³-hybridized carbons (Fsp3) is 0.381. The summed E-state index contributed by atoms with van der Waals surface area (Å²) in [5.74, 6) is 0.879. The summed E-state index contributed by atoms with van der Waals surface area (Å²) >= 11 is 0. The minimum absolute atomic E-state index is 0.0981. The van der Waals surface area contributed by atoms with Crippen molar-refractivity contribution >= 4 is 16.8 Å². The monoisotopic (exact) mass is 380 g/mol. The van der Waals surface area contributed by atoms with Crippen LogP contribution in [-0.2, 0) is 11.8 Å². The number of fused-ring (bicyclic) bond motifs is 1. The number of amides is 1. The maximum Gasteiger partial charge on any atom is 0.251 e. The van der Waals surface area contributed by atoms with E-state index in [0.29, 0.717) is 17.4 Å². The first-order valence-corrected chi connectivity index (χ1v) is 9.46. The lowest BCUT2D eigenvalue weighted by atomic mass is 9.87. The average molecular weight is 380 g/mol. The number of nitrogens with zero attached hydrogens (tertiary/aromatic N) is 3. The smallest absolute Gasteiger partial charge is 0.251 e. The summed E-state index contributed by atoms with van der Waals surface area (Å²) in [4.78, 5) is 17.3. The molecule has 1 N–H and O–H groups in total. The molecular weight excluding hydrogens is 356 g/mol. The van der Waals surface area contributed by atoms with Crippen LogP contribution in [0.1, 0.15) is 34.8 Å². The molecule has 28 heavy (non-hydrogen) atoms. The second-order valence-corrected chi connectivity index (χ2v) is 7.05. The predicted octanol–water partition coefficient (Wildman–Crippen LogP) is 2.87. The van der Waals surface area contributed by atoms with Crippen molar-refractivity contribution in [1.29, 1.82) is 0 Å². The summed E-state index contributed by atoms with van der Waals surface area (Å²) in [7, 11) is 3.44. The zero-order chi connectivity index (χ0) is 19.5. The Morgan fingerprint density at radius 3 is 2.86 bits per heavy atom. The van der Waals surface area contributed by atoms with Gasteiger partial charge in [-0.25, -0.2) is 4.68 Å². The van der Waals surface area contributed by atoms with Gasteiger partial charge in [0.15, 0.2) is 0 Å². The first kappa shape index (κ1) is 18.4. The highest BCUT2D eigenvalue weighted by atomic mass is 16.5. The molecule has 0 radical (unpaired) electrons. The topological polar surface area (TPSA) is 78.3 Å². The van der Waals surface area contributed by atoms with E-state index in [2.05, 4.69) is 15.4 Å². The zero-order valence-electron chi connectivity index (χ0n) is 16.1. The van der Waals surface area contributed by atoms with Crippen LogP contribution in [0.25, 0.3) is 10.9 Å². The van der Waals surface area contributed by atoms with Crippen molar-refractivity contribution in [2.24, 2.45) is 13.0 Å². The molecule has 1 aliphatic heterocycles. The van der Waals surface area contributed by atoms with E-state index in [9.17, 15) is 4.79 Å². The maximum absolute atomic E-state index is 13.0. The highest BCUT2D eigenvalue weighted by Gasteiger charge is 2.27. The fourth-order valence-corrected chi connectivity index (χ4v) is 3.87. The van der Waals surface area contributed by atoms with E-state index in [4.69, 9.17) is 9.47 Å². The molecule has 7 heteroatoms. The Labute approximate surface area is 163 Å². The normalized spacial score (nSPS) is 16.1. The maximum atomic E-state index is 13.0. The predicted molar refractivity (Wildman–Crippen MR) is 105 cm³/mol. The van der Waals surface area contributed by atoms with Crippen LogP contribution in [0.4, 0.5) is 0 Å². The number of aromatic nitrogens is 3. The van der Waals surface area contributed by atoms with Crippen LogP contribution in [-0.4, -0.2) is 41.0 Å². The number of hydrogen-bond acceptors (Lipinski definition) is 5. The molecule has 0 saturated carbocycles. The van der Waals surface area contributed by atoms with Crippen LogP contribution in [0.15, 0.2) is 42.7 Å². The highest BCUT2D eigenvalue weighted by molar-refractivity contribution is 5.98. The molecule has 7 nitrogen and oxygen atoms in total. The summed E-state index contributed by atoms with van der Waals surface area (Å²) in [5, 5.41) is 8.54. The molecule has 3 aromatic rings. The molecule has 4 rings (SSSR count). The van der Waals surface area contributed by atoms with E-state index in [1.807, 2.05) is 37.5 Å². The van der Waals surface area contributed by atoms with Gasteiger partial charge in [-0.05, 0) is 48.6 Å². The SMILES string of the molecule is COc1c2ccc(C(=O)N[C@@H](c3cccnc3)C3CCOCC3)cc2nn1C. The molecule has 3 heterocycles. The third-order valence-electron chi connectivity index (χ3n) is 5.30. The first-order valence-electron chi connectivity index (χ1n) is 9.46. The van der Waals surface area contributed by atoms with Crippen LogP contribution in [0, 0.1) is 5.92 Å². The summed E-state index contributed by atoms with van der Waals surface area (Å²) in [6, 6.07) is 9.31. The molecule has 0 spiro atoms. The Balaban J connectivity index is 1.61. The lowest BCUT2D eigenvalue weighted by Gasteiger charge is -2.31. The van der Waals surface area contributed by atoms with Crippen LogP contribution >= 0.6 is 0 Å². The van der Waals surface area contributed by atoms with Crippen LogP contribution < -0.4 is 10.1 Å². The van der Waals surface area contributed by atoms with Gasteiger partial charge in [-0.15, -0.1) is 0 Å². The third kappa shape index (κ3) is 3.57. The van der Waals surface area contributed by atoms with E-state index in [1.54, 1.807) is 24.1 Å². The van der Waals surface area contributed by atoms with Crippen molar-refractivity contribution in [3.63, 3.8) is 0 Å². The van der Waals surface area contributed by atoms with Gasteiger partial charge in [0.2, 0.25) is 5.88 Å². The Bertz CT molecular complexity index is 964. The van der Waals surface area contributed by atoms with Crippen LogP contribution in [0.5, 0.6) is 5.88 Å². The zero-order valence-corrected chi connectivity index (χ0v) is 16.1. The summed E-state index contributed by atoms with van der Waals surface area (Å²) in [6.45, 7) is 1.44. The average Bonchev–Trinajstić information content (AvgIpc) is 3.07. The molecule has 1 saturated heterocycles. The lowest BCUT2D eigenvalue weighted by molar-refractivity contribution is 0.0513. The highest BCUT2D eigenvalue weighted by Crippen LogP contribution is 2.31. The van der Waals surface area contributed by atoms with Crippen LogP contribution in [0.2, 0.25) is 0 Å². The van der Waals surface area contributed by atoms with Gasteiger partial charge < -0.3 is 14.8 Å². The van der Waals surface area contributed by atoms with Crippen molar-refractivity contribution < 1.29 is 14.3 Å². The molecular formula is C21H24N4O3. The van der Waals surface area contributed by atoms with E-state index < -0.39 is 0 Å². The van der Waals surface area contributed by atoms with Crippen molar-refractivity contribution in [1.82, 2.24) is 20.1 Å². The van der Waals surface area contributed by atoms with Gasteiger partial charge in [-0.2, -0.15) is 5.10 Å². The van der Waals surface area contributed by atoms with Gasteiger partial charge in [0.05, 0.1) is 24.1 Å². The Morgan fingerprint density at radius 2 is 2.14 bits per heavy atom. The Morgan fingerprint density at radius 1 is 1.32 bits per heavy atom.